The first-order chi connectivity index (χ1) is 9.45. The van der Waals surface area contributed by atoms with Crippen molar-refractivity contribution in [1.29, 1.82) is 0 Å². The van der Waals surface area contributed by atoms with E-state index in [-0.39, 0.29) is 11.8 Å². The third-order valence-corrected chi connectivity index (χ3v) is 3.93. The summed E-state index contributed by atoms with van der Waals surface area (Å²) in [5, 5.41) is 8.93. The van der Waals surface area contributed by atoms with E-state index < -0.39 is 11.6 Å². The summed E-state index contributed by atoms with van der Waals surface area (Å²) in [6, 6.07) is -0.441. The molecule has 1 aliphatic rings. The van der Waals surface area contributed by atoms with Crippen LogP contribution in [0.1, 0.15) is 52.9 Å². The van der Waals surface area contributed by atoms with Crippen molar-refractivity contribution < 1.29 is 9.59 Å². The first kappa shape index (κ1) is 17.0. The van der Waals surface area contributed by atoms with Crippen LogP contribution in [0.4, 0.5) is 0 Å². The Balaban J connectivity index is 2.75. The highest BCUT2D eigenvalue weighted by atomic mass is 16.2. The summed E-state index contributed by atoms with van der Waals surface area (Å²) in [5.41, 5.74) is -0.474. The van der Waals surface area contributed by atoms with E-state index in [2.05, 4.69) is 36.7 Å². The van der Waals surface area contributed by atoms with E-state index in [0.29, 0.717) is 12.3 Å². The summed E-state index contributed by atoms with van der Waals surface area (Å²) in [4.78, 5) is 24.5. The maximum atomic E-state index is 12.6. The normalized spacial score (nSPS) is 23.6. The Bertz CT molecular complexity index is 336. The van der Waals surface area contributed by atoms with Crippen molar-refractivity contribution >= 4 is 11.8 Å². The number of rotatable bonds is 7. The average Bonchev–Trinajstić information content (AvgIpc) is 2.86. The Morgan fingerprint density at radius 2 is 2.05 bits per heavy atom. The molecular formula is C15H29N3O2. The van der Waals surface area contributed by atoms with Crippen LogP contribution in [0.15, 0.2) is 0 Å². The molecule has 0 spiro atoms. The lowest BCUT2D eigenvalue weighted by atomic mass is 9.90. The zero-order chi connectivity index (χ0) is 15.2. The standard InChI is InChI=1S/C15H29N3O2/c1-5-7-15(8-6-9-17-15)14(20)18-12(10-11(2)3)13(19)16-4/h11-12,17H,5-10H2,1-4H3,(H,16,19)(H,18,20). The topological polar surface area (TPSA) is 70.2 Å². The van der Waals surface area contributed by atoms with Crippen LogP contribution < -0.4 is 16.0 Å². The van der Waals surface area contributed by atoms with Crippen molar-refractivity contribution in [1.82, 2.24) is 16.0 Å². The van der Waals surface area contributed by atoms with Gasteiger partial charge in [-0.05, 0) is 38.1 Å². The average molecular weight is 283 g/mol. The van der Waals surface area contributed by atoms with Crippen LogP contribution in [0.25, 0.3) is 0 Å². The lowest BCUT2D eigenvalue weighted by molar-refractivity contribution is -0.132. The van der Waals surface area contributed by atoms with E-state index in [4.69, 9.17) is 0 Å². The van der Waals surface area contributed by atoms with E-state index in [9.17, 15) is 9.59 Å². The van der Waals surface area contributed by atoms with Gasteiger partial charge in [-0.1, -0.05) is 27.2 Å². The second-order valence-corrected chi connectivity index (χ2v) is 6.13. The monoisotopic (exact) mass is 283 g/mol. The van der Waals surface area contributed by atoms with E-state index in [1.807, 2.05) is 0 Å². The molecule has 0 aromatic carbocycles. The van der Waals surface area contributed by atoms with Crippen molar-refractivity contribution in [2.45, 2.75) is 64.5 Å². The van der Waals surface area contributed by atoms with Gasteiger partial charge in [-0.3, -0.25) is 9.59 Å². The fourth-order valence-electron chi connectivity index (χ4n) is 2.93. The summed E-state index contributed by atoms with van der Waals surface area (Å²) in [7, 11) is 1.61. The number of carbonyl (C=O) groups excluding carboxylic acids is 2. The molecule has 116 valence electrons. The number of amides is 2. The summed E-state index contributed by atoms with van der Waals surface area (Å²) < 4.78 is 0. The number of carbonyl (C=O) groups is 2. The minimum absolute atomic E-state index is 0.0221. The highest BCUT2D eigenvalue weighted by Gasteiger charge is 2.41. The molecule has 1 aliphatic heterocycles. The molecule has 1 rings (SSSR count). The summed E-state index contributed by atoms with van der Waals surface area (Å²) in [5.74, 6) is 0.221. The Hall–Kier alpha value is -1.10. The molecule has 0 aliphatic carbocycles. The molecule has 1 saturated heterocycles. The maximum absolute atomic E-state index is 12.6. The summed E-state index contributed by atoms with van der Waals surface area (Å²) in [6.45, 7) is 7.07. The molecule has 0 saturated carbocycles. The minimum Gasteiger partial charge on any atom is -0.357 e. The van der Waals surface area contributed by atoms with Crippen molar-refractivity contribution in [3.63, 3.8) is 0 Å². The van der Waals surface area contributed by atoms with E-state index >= 15 is 0 Å². The van der Waals surface area contributed by atoms with E-state index in [1.54, 1.807) is 7.05 Å². The molecule has 5 nitrogen and oxygen atoms in total. The summed E-state index contributed by atoms with van der Waals surface area (Å²) in [6.07, 6.45) is 4.31. The second kappa shape index (κ2) is 7.62. The predicted octanol–water partition coefficient (Wildman–Crippen LogP) is 1.19. The van der Waals surface area contributed by atoms with Gasteiger partial charge in [0, 0.05) is 7.05 Å². The Kier molecular flexibility index (Phi) is 6.46. The van der Waals surface area contributed by atoms with E-state index in [0.717, 1.165) is 32.2 Å². The molecule has 2 unspecified atom stereocenters. The first-order valence-electron chi connectivity index (χ1n) is 7.72. The molecule has 0 aromatic heterocycles. The van der Waals surface area contributed by atoms with Crippen LogP contribution in [0.5, 0.6) is 0 Å². The van der Waals surface area contributed by atoms with Gasteiger partial charge in [0.1, 0.15) is 6.04 Å². The lowest BCUT2D eigenvalue weighted by Gasteiger charge is -2.30. The van der Waals surface area contributed by atoms with Crippen LogP contribution in [0.3, 0.4) is 0 Å². The molecule has 5 heteroatoms. The SMILES string of the molecule is CCCC1(C(=O)NC(CC(C)C)C(=O)NC)CCCN1. The van der Waals surface area contributed by atoms with Gasteiger partial charge in [0.05, 0.1) is 5.54 Å². The third-order valence-electron chi connectivity index (χ3n) is 3.93. The fraction of sp³-hybridized carbons (Fsp3) is 0.867. The van der Waals surface area contributed by atoms with Gasteiger partial charge in [-0.2, -0.15) is 0 Å². The zero-order valence-corrected chi connectivity index (χ0v) is 13.2. The number of nitrogens with one attached hydrogen (secondary N) is 3. The second-order valence-electron chi connectivity index (χ2n) is 6.13. The molecule has 3 N–H and O–H groups in total. The largest absolute Gasteiger partial charge is 0.357 e. The van der Waals surface area contributed by atoms with Crippen LogP contribution in [-0.2, 0) is 9.59 Å². The van der Waals surface area contributed by atoms with Crippen molar-refractivity contribution in [3.8, 4) is 0 Å². The lowest BCUT2D eigenvalue weighted by Crippen LogP contribution is -2.58. The molecule has 20 heavy (non-hydrogen) atoms. The minimum atomic E-state index is -0.474. The van der Waals surface area contributed by atoms with Crippen molar-refractivity contribution in [3.05, 3.63) is 0 Å². The van der Waals surface area contributed by atoms with E-state index in [1.165, 1.54) is 0 Å². The summed E-state index contributed by atoms with van der Waals surface area (Å²) >= 11 is 0. The highest BCUT2D eigenvalue weighted by Crippen LogP contribution is 2.25. The quantitative estimate of drug-likeness (QED) is 0.657. The van der Waals surface area contributed by atoms with Crippen molar-refractivity contribution in [2.75, 3.05) is 13.6 Å². The van der Waals surface area contributed by atoms with Gasteiger partial charge in [0.15, 0.2) is 0 Å². The van der Waals surface area contributed by atoms with Crippen LogP contribution >= 0.6 is 0 Å². The highest BCUT2D eigenvalue weighted by molar-refractivity contribution is 5.92. The van der Waals surface area contributed by atoms with Gasteiger partial charge < -0.3 is 16.0 Å². The molecular weight excluding hydrogens is 254 g/mol. The molecule has 2 atom stereocenters. The zero-order valence-electron chi connectivity index (χ0n) is 13.2. The molecule has 1 heterocycles. The Morgan fingerprint density at radius 3 is 2.50 bits per heavy atom. The first-order valence-corrected chi connectivity index (χ1v) is 7.72. The Labute approximate surface area is 122 Å². The third kappa shape index (κ3) is 4.20. The van der Waals surface area contributed by atoms with Gasteiger partial charge in [-0.15, -0.1) is 0 Å². The number of likely N-dealkylation sites (N-methyl/N-ethyl adjacent to an activating group) is 1. The van der Waals surface area contributed by atoms with Gasteiger partial charge in [0.25, 0.3) is 0 Å². The van der Waals surface area contributed by atoms with Crippen LogP contribution in [0.2, 0.25) is 0 Å². The van der Waals surface area contributed by atoms with Gasteiger partial charge >= 0.3 is 0 Å². The van der Waals surface area contributed by atoms with Crippen LogP contribution in [-0.4, -0.2) is 37.0 Å². The molecule has 0 radical (unpaired) electrons. The molecule has 0 bridgehead atoms. The number of hydrogen-bond donors (Lipinski definition) is 3. The van der Waals surface area contributed by atoms with Gasteiger partial charge in [-0.25, -0.2) is 0 Å². The maximum Gasteiger partial charge on any atom is 0.242 e. The fourth-order valence-corrected chi connectivity index (χ4v) is 2.93. The smallest absolute Gasteiger partial charge is 0.242 e. The van der Waals surface area contributed by atoms with Gasteiger partial charge in [0.2, 0.25) is 11.8 Å². The number of hydrogen-bond acceptors (Lipinski definition) is 3. The van der Waals surface area contributed by atoms with Crippen molar-refractivity contribution in [2.24, 2.45) is 5.92 Å². The Morgan fingerprint density at radius 1 is 1.35 bits per heavy atom. The predicted molar refractivity (Wildman–Crippen MR) is 80.3 cm³/mol. The van der Waals surface area contributed by atoms with Crippen LogP contribution in [0, 0.1) is 5.92 Å². The molecule has 2 amide bonds. The molecule has 0 aromatic rings. The molecule has 1 fully saturated rings.